The van der Waals surface area contributed by atoms with Crippen LogP contribution < -0.4 is 14.9 Å². The van der Waals surface area contributed by atoms with E-state index in [0.29, 0.717) is 11.6 Å². The molecule has 5 nitrogen and oxygen atoms in total. The predicted octanol–water partition coefficient (Wildman–Crippen LogP) is 3.74. The lowest BCUT2D eigenvalue weighted by Gasteiger charge is -2.13. The van der Waals surface area contributed by atoms with Gasteiger partial charge < -0.3 is 14.6 Å². The summed E-state index contributed by atoms with van der Waals surface area (Å²) >= 11 is 1.16. The third kappa shape index (κ3) is 3.74. The lowest BCUT2D eigenvalue weighted by molar-refractivity contribution is -0.118. The average Bonchev–Trinajstić information content (AvgIpc) is 2.87. The standard InChI is InChI=1S/C19H20N2O3S/c1-12(2)14-6-4-5-7-16(14)24-11-18(22)20-13-8-9-15-17(10-13)25-19(23)21(15)3/h4-10,12H,11H2,1-3H3,(H,20,22). The number of carbonyl (C=O) groups is 1. The molecule has 0 bridgehead atoms. The number of carbonyl (C=O) groups excluding carboxylic acids is 1. The van der Waals surface area contributed by atoms with E-state index in [0.717, 1.165) is 32.9 Å². The zero-order valence-corrected chi connectivity index (χ0v) is 15.2. The third-order valence-corrected chi connectivity index (χ3v) is 4.97. The highest BCUT2D eigenvalue weighted by Gasteiger charge is 2.10. The van der Waals surface area contributed by atoms with Gasteiger partial charge in [0.25, 0.3) is 5.91 Å². The number of hydrogen-bond donors (Lipinski definition) is 1. The van der Waals surface area contributed by atoms with Crippen molar-refractivity contribution in [3.05, 3.63) is 57.7 Å². The van der Waals surface area contributed by atoms with E-state index in [1.54, 1.807) is 23.7 Å². The maximum atomic E-state index is 12.2. The van der Waals surface area contributed by atoms with Crippen LogP contribution in [0.15, 0.2) is 47.3 Å². The van der Waals surface area contributed by atoms with Gasteiger partial charge in [-0.2, -0.15) is 0 Å². The summed E-state index contributed by atoms with van der Waals surface area (Å²) in [7, 11) is 1.74. The second-order valence-corrected chi connectivity index (χ2v) is 7.13. The molecule has 130 valence electrons. The van der Waals surface area contributed by atoms with Gasteiger partial charge in [0.1, 0.15) is 5.75 Å². The molecule has 0 saturated heterocycles. The Balaban J connectivity index is 1.68. The van der Waals surface area contributed by atoms with Crippen molar-refractivity contribution < 1.29 is 9.53 Å². The minimum Gasteiger partial charge on any atom is -0.483 e. The SMILES string of the molecule is CC(C)c1ccccc1OCC(=O)Nc1ccc2c(c1)sc(=O)n2C. The first kappa shape index (κ1) is 17.2. The Morgan fingerprint density at radius 2 is 2.00 bits per heavy atom. The Morgan fingerprint density at radius 1 is 1.24 bits per heavy atom. The summed E-state index contributed by atoms with van der Waals surface area (Å²) in [4.78, 5) is 23.8. The molecule has 1 amide bonds. The lowest BCUT2D eigenvalue weighted by atomic mass is 10.0. The van der Waals surface area contributed by atoms with E-state index >= 15 is 0 Å². The van der Waals surface area contributed by atoms with E-state index in [-0.39, 0.29) is 17.4 Å². The molecule has 3 aromatic rings. The van der Waals surface area contributed by atoms with Crippen molar-refractivity contribution in [2.24, 2.45) is 7.05 Å². The summed E-state index contributed by atoms with van der Waals surface area (Å²) in [5.74, 6) is 0.813. The van der Waals surface area contributed by atoms with Crippen LogP contribution >= 0.6 is 11.3 Å². The summed E-state index contributed by atoms with van der Waals surface area (Å²) in [6, 6.07) is 13.2. The number of rotatable bonds is 5. The predicted molar refractivity (Wildman–Crippen MR) is 102 cm³/mol. The average molecular weight is 356 g/mol. The van der Waals surface area contributed by atoms with Gasteiger partial charge >= 0.3 is 4.87 Å². The zero-order valence-electron chi connectivity index (χ0n) is 14.4. The van der Waals surface area contributed by atoms with Gasteiger partial charge in [-0.15, -0.1) is 0 Å². The fraction of sp³-hybridized carbons (Fsp3) is 0.263. The van der Waals surface area contributed by atoms with Crippen molar-refractivity contribution in [2.75, 3.05) is 11.9 Å². The molecule has 3 rings (SSSR count). The second-order valence-electron chi connectivity index (χ2n) is 6.14. The smallest absolute Gasteiger partial charge is 0.307 e. The van der Waals surface area contributed by atoms with Crippen LogP contribution in [-0.2, 0) is 11.8 Å². The number of amides is 1. The van der Waals surface area contributed by atoms with E-state index < -0.39 is 0 Å². The number of hydrogen-bond acceptors (Lipinski definition) is 4. The molecule has 0 aliphatic heterocycles. The second kappa shape index (κ2) is 7.11. The van der Waals surface area contributed by atoms with E-state index in [1.165, 1.54) is 0 Å². The van der Waals surface area contributed by atoms with Gasteiger partial charge in [-0.25, -0.2) is 0 Å². The van der Waals surface area contributed by atoms with Gasteiger partial charge in [-0.3, -0.25) is 9.59 Å². The highest BCUT2D eigenvalue weighted by atomic mass is 32.1. The minimum absolute atomic E-state index is 0.0212. The summed E-state index contributed by atoms with van der Waals surface area (Å²) in [5, 5.41) is 2.81. The van der Waals surface area contributed by atoms with Crippen LogP contribution in [0.25, 0.3) is 10.2 Å². The Hall–Kier alpha value is -2.60. The van der Waals surface area contributed by atoms with Gasteiger partial charge in [0.2, 0.25) is 0 Å². The Bertz CT molecular complexity index is 972. The molecule has 0 aliphatic carbocycles. The number of anilines is 1. The largest absolute Gasteiger partial charge is 0.483 e. The maximum absolute atomic E-state index is 12.2. The molecule has 0 aliphatic rings. The number of nitrogens with one attached hydrogen (secondary N) is 1. The molecule has 25 heavy (non-hydrogen) atoms. The molecule has 1 aromatic heterocycles. The fourth-order valence-corrected chi connectivity index (χ4v) is 3.56. The van der Waals surface area contributed by atoms with Gasteiger partial charge in [-0.05, 0) is 35.7 Å². The quantitative estimate of drug-likeness (QED) is 0.757. The van der Waals surface area contributed by atoms with E-state index in [9.17, 15) is 9.59 Å². The van der Waals surface area contributed by atoms with Crippen LogP contribution in [0.3, 0.4) is 0 Å². The Labute approximate surface area is 149 Å². The normalized spacial score (nSPS) is 11.0. The molecule has 1 N–H and O–H groups in total. The topological polar surface area (TPSA) is 60.3 Å². The summed E-state index contributed by atoms with van der Waals surface area (Å²) in [6.45, 7) is 4.11. The number of aryl methyl sites for hydroxylation is 1. The van der Waals surface area contributed by atoms with Crippen LogP contribution in [0, 0.1) is 0 Å². The third-order valence-electron chi connectivity index (χ3n) is 3.98. The van der Waals surface area contributed by atoms with Gasteiger partial charge in [0.15, 0.2) is 6.61 Å². The fourth-order valence-electron chi connectivity index (χ4n) is 2.64. The van der Waals surface area contributed by atoms with E-state index in [1.807, 2.05) is 30.3 Å². The summed E-state index contributed by atoms with van der Waals surface area (Å²) < 4.78 is 8.12. The molecule has 0 fully saturated rings. The van der Waals surface area contributed by atoms with Crippen LogP contribution in [0.4, 0.5) is 5.69 Å². The molecular formula is C19H20N2O3S. The number of thiazole rings is 1. The Morgan fingerprint density at radius 3 is 2.76 bits per heavy atom. The first-order valence-electron chi connectivity index (χ1n) is 8.07. The van der Waals surface area contributed by atoms with Crippen LogP contribution in [0.1, 0.15) is 25.3 Å². The molecule has 0 saturated carbocycles. The Kier molecular flexibility index (Phi) is 4.90. The highest BCUT2D eigenvalue weighted by Crippen LogP contribution is 2.26. The van der Waals surface area contributed by atoms with Crippen molar-refractivity contribution >= 4 is 33.1 Å². The molecule has 0 radical (unpaired) electrons. The molecular weight excluding hydrogens is 336 g/mol. The number of aromatic nitrogens is 1. The molecule has 0 unspecified atom stereocenters. The van der Waals surface area contributed by atoms with E-state index in [4.69, 9.17) is 4.74 Å². The zero-order chi connectivity index (χ0) is 18.0. The van der Waals surface area contributed by atoms with Gasteiger partial charge in [-0.1, -0.05) is 43.4 Å². The monoisotopic (exact) mass is 356 g/mol. The van der Waals surface area contributed by atoms with Crippen molar-refractivity contribution in [1.29, 1.82) is 0 Å². The number of nitrogens with zero attached hydrogens (tertiary/aromatic N) is 1. The number of benzene rings is 2. The number of para-hydroxylation sites is 1. The molecule has 6 heteroatoms. The van der Waals surface area contributed by atoms with Crippen LogP contribution in [0.2, 0.25) is 0 Å². The van der Waals surface area contributed by atoms with Gasteiger partial charge in [0, 0.05) is 12.7 Å². The van der Waals surface area contributed by atoms with Crippen molar-refractivity contribution in [3.8, 4) is 5.75 Å². The van der Waals surface area contributed by atoms with Gasteiger partial charge in [0.05, 0.1) is 10.2 Å². The summed E-state index contributed by atoms with van der Waals surface area (Å²) in [5.41, 5.74) is 2.58. The lowest BCUT2D eigenvalue weighted by Crippen LogP contribution is -2.20. The first-order chi connectivity index (χ1) is 12.0. The van der Waals surface area contributed by atoms with Crippen LogP contribution in [-0.4, -0.2) is 17.1 Å². The van der Waals surface area contributed by atoms with Crippen molar-refractivity contribution in [1.82, 2.24) is 4.57 Å². The number of fused-ring (bicyclic) bond motifs is 1. The minimum atomic E-state index is -0.235. The number of ether oxygens (including phenoxy) is 1. The van der Waals surface area contributed by atoms with E-state index in [2.05, 4.69) is 19.2 Å². The first-order valence-corrected chi connectivity index (χ1v) is 8.88. The molecule has 0 atom stereocenters. The maximum Gasteiger partial charge on any atom is 0.307 e. The van der Waals surface area contributed by atoms with Crippen molar-refractivity contribution in [3.63, 3.8) is 0 Å². The molecule has 1 heterocycles. The molecule has 2 aromatic carbocycles. The highest BCUT2D eigenvalue weighted by molar-refractivity contribution is 7.16. The van der Waals surface area contributed by atoms with Crippen LogP contribution in [0.5, 0.6) is 5.75 Å². The summed E-state index contributed by atoms with van der Waals surface area (Å²) in [6.07, 6.45) is 0. The molecule has 0 spiro atoms. The van der Waals surface area contributed by atoms with Crippen molar-refractivity contribution in [2.45, 2.75) is 19.8 Å².